The lowest BCUT2D eigenvalue weighted by Crippen LogP contribution is -2.34. The van der Waals surface area contributed by atoms with E-state index < -0.39 is 12.1 Å². The molecule has 1 fully saturated rings. The van der Waals surface area contributed by atoms with Gasteiger partial charge in [0.25, 0.3) is 5.91 Å². The summed E-state index contributed by atoms with van der Waals surface area (Å²) in [6, 6.07) is 11.1. The van der Waals surface area contributed by atoms with E-state index in [1.807, 2.05) is 12.1 Å². The third kappa shape index (κ3) is 6.38. The molecular weight excluding hydrogens is 426 g/mol. The van der Waals surface area contributed by atoms with Crippen LogP contribution in [0.2, 0.25) is 0 Å². The molecule has 1 aliphatic heterocycles. The molecule has 1 saturated heterocycles. The first kappa shape index (κ1) is 23.9. The Bertz CT molecular complexity index is 992. The van der Waals surface area contributed by atoms with Crippen molar-refractivity contribution in [1.29, 1.82) is 0 Å². The van der Waals surface area contributed by atoms with Gasteiger partial charge >= 0.3 is 6.03 Å². The Balaban J connectivity index is 1.42. The molecule has 1 atom stereocenters. The van der Waals surface area contributed by atoms with Crippen LogP contribution in [0.15, 0.2) is 42.5 Å². The minimum Gasteiger partial charge on any atom is -0.508 e. The second kappa shape index (κ2) is 11.2. The maximum Gasteiger partial charge on any atom is 0.324 e. The quantitative estimate of drug-likeness (QED) is 0.446. The second-order valence-electron chi connectivity index (χ2n) is 7.74. The lowest BCUT2D eigenvalue weighted by Gasteiger charge is -2.14. The number of imide groups is 1. The third-order valence-corrected chi connectivity index (χ3v) is 5.51. The van der Waals surface area contributed by atoms with Crippen LogP contribution in [0.3, 0.4) is 0 Å². The van der Waals surface area contributed by atoms with Gasteiger partial charge in [0.15, 0.2) is 11.5 Å². The molecule has 0 unspecified atom stereocenters. The number of nitrogens with zero attached hydrogens (tertiary/aromatic N) is 1. The van der Waals surface area contributed by atoms with Gasteiger partial charge in [0, 0.05) is 19.5 Å². The number of phenols is 1. The Morgan fingerprint density at radius 1 is 1.03 bits per heavy atom. The van der Waals surface area contributed by atoms with E-state index in [-0.39, 0.29) is 37.0 Å². The molecule has 9 nitrogen and oxygen atoms in total. The van der Waals surface area contributed by atoms with Crippen molar-refractivity contribution in [2.45, 2.75) is 31.7 Å². The minimum atomic E-state index is -0.703. The predicted octanol–water partition coefficient (Wildman–Crippen LogP) is 2.01. The van der Waals surface area contributed by atoms with Crippen molar-refractivity contribution in [2.24, 2.45) is 0 Å². The molecule has 176 valence electrons. The molecule has 0 aromatic heterocycles. The summed E-state index contributed by atoms with van der Waals surface area (Å²) < 4.78 is 10.5. The van der Waals surface area contributed by atoms with Crippen molar-refractivity contribution in [3.05, 3.63) is 53.6 Å². The van der Waals surface area contributed by atoms with Gasteiger partial charge in [-0.25, -0.2) is 4.79 Å². The van der Waals surface area contributed by atoms with Crippen LogP contribution >= 0.6 is 0 Å². The zero-order chi connectivity index (χ0) is 23.8. The maximum absolute atomic E-state index is 12.6. The monoisotopic (exact) mass is 455 g/mol. The zero-order valence-corrected chi connectivity index (χ0v) is 18.8. The Kier molecular flexibility index (Phi) is 8.12. The van der Waals surface area contributed by atoms with E-state index in [0.717, 1.165) is 11.1 Å². The summed E-state index contributed by atoms with van der Waals surface area (Å²) in [7, 11) is 3.11. The van der Waals surface area contributed by atoms with Gasteiger partial charge in [-0.2, -0.15) is 0 Å². The summed E-state index contributed by atoms with van der Waals surface area (Å²) in [6.07, 6.45) is 1.48. The molecule has 0 radical (unpaired) electrons. The number of ether oxygens (including phenoxy) is 2. The Morgan fingerprint density at radius 2 is 1.73 bits per heavy atom. The molecule has 1 aliphatic rings. The average Bonchev–Trinajstić information content (AvgIpc) is 3.09. The van der Waals surface area contributed by atoms with E-state index in [4.69, 9.17) is 9.47 Å². The topological polar surface area (TPSA) is 117 Å². The molecule has 2 aromatic rings. The summed E-state index contributed by atoms with van der Waals surface area (Å²) in [5, 5.41) is 14.8. The third-order valence-electron chi connectivity index (χ3n) is 5.51. The molecular formula is C24H29N3O6. The lowest BCUT2D eigenvalue weighted by molar-refractivity contribution is -0.127. The summed E-state index contributed by atoms with van der Waals surface area (Å²) in [5.74, 6) is 0.889. The molecule has 0 saturated carbocycles. The number of benzene rings is 2. The number of nitrogens with one attached hydrogen (secondary N) is 2. The summed E-state index contributed by atoms with van der Waals surface area (Å²) in [6.45, 7) is 0.682. The van der Waals surface area contributed by atoms with Crippen molar-refractivity contribution in [3.63, 3.8) is 0 Å². The number of urea groups is 1. The number of methoxy groups -OCH3 is 2. The first-order chi connectivity index (χ1) is 15.9. The fraction of sp³-hybridized carbons (Fsp3) is 0.375. The highest BCUT2D eigenvalue weighted by molar-refractivity contribution is 6.04. The largest absolute Gasteiger partial charge is 0.508 e. The van der Waals surface area contributed by atoms with E-state index >= 15 is 0 Å². The average molecular weight is 456 g/mol. The standard InChI is InChI=1S/C24H29N3O6/c1-32-20-9-5-17(15-21(20)33-2)12-14-27-23(30)19(26-24(27)31)8-10-22(29)25-13-11-16-3-6-18(28)7-4-16/h3-7,9,15,19,28H,8,10-14H2,1-2H3,(H,25,29)(H,26,31)/t19-/m0/s1. The summed E-state index contributed by atoms with van der Waals surface area (Å²) in [5.41, 5.74) is 1.90. The first-order valence-electron chi connectivity index (χ1n) is 10.8. The van der Waals surface area contributed by atoms with Gasteiger partial charge in [0.1, 0.15) is 11.8 Å². The number of hydrogen-bond acceptors (Lipinski definition) is 6. The molecule has 3 rings (SSSR count). The normalized spacial score (nSPS) is 15.3. The number of hydrogen-bond donors (Lipinski definition) is 3. The molecule has 9 heteroatoms. The molecule has 0 spiro atoms. The number of carbonyl (C=O) groups excluding carboxylic acids is 3. The SMILES string of the molecule is COc1ccc(CCN2C(=O)N[C@@H](CCC(=O)NCCc3ccc(O)cc3)C2=O)cc1OC. The number of rotatable bonds is 11. The van der Waals surface area contributed by atoms with Crippen molar-refractivity contribution in [1.82, 2.24) is 15.5 Å². The van der Waals surface area contributed by atoms with Gasteiger partial charge in [0.05, 0.1) is 14.2 Å². The molecule has 3 N–H and O–H groups in total. The highest BCUT2D eigenvalue weighted by Gasteiger charge is 2.37. The van der Waals surface area contributed by atoms with Gasteiger partial charge < -0.3 is 25.2 Å². The van der Waals surface area contributed by atoms with Gasteiger partial charge in [-0.05, 0) is 54.7 Å². The maximum atomic E-state index is 12.6. The van der Waals surface area contributed by atoms with Crippen LogP contribution in [0.25, 0.3) is 0 Å². The van der Waals surface area contributed by atoms with Crippen LogP contribution in [-0.4, -0.2) is 61.2 Å². The second-order valence-corrected chi connectivity index (χ2v) is 7.74. The van der Waals surface area contributed by atoms with E-state index in [1.165, 1.54) is 4.90 Å². The zero-order valence-electron chi connectivity index (χ0n) is 18.8. The Labute approximate surface area is 192 Å². The number of amides is 4. The first-order valence-corrected chi connectivity index (χ1v) is 10.8. The van der Waals surface area contributed by atoms with Crippen molar-refractivity contribution in [3.8, 4) is 17.2 Å². The molecule has 1 heterocycles. The smallest absolute Gasteiger partial charge is 0.324 e. The van der Waals surface area contributed by atoms with Crippen LogP contribution in [0.4, 0.5) is 4.79 Å². The lowest BCUT2D eigenvalue weighted by atomic mass is 10.1. The van der Waals surface area contributed by atoms with E-state index in [2.05, 4.69) is 10.6 Å². The van der Waals surface area contributed by atoms with Crippen LogP contribution in [-0.2, 0) is 22.4 Å². The minimum absolute atomic E-state index is 0.135. The predicted molar refractivity (Wildman–Crippen MR) is 121 cm³/mol. The fourth-order valence-electron chi connectivity index (χ4n) is 3.63. The number of carbonyl (C=O) groups is 3. The fourth-order valence-corrected chi connectivity index (χ4v) is 3.63. The summed E-state index contributed by atoms with van der Waals surface area (Å²) in [4.78, 5) is 38.2. The van der Waals surface area contributed by atoms with Crippen molar-refractivity contribution >= 4 is 17.8 Å². The van der Waals surface area contributed by atoms with Gasteiger partial charge in [-0.3, -0.25) is 14.5 Å². The molecule has 2 aromatic carbocycles. The highest BCUT2D eigenvalue weighted by Crippen LogP contribution is 2.28. The Morgan fingerprint density at radius 3 is 2.42 bits per heavy atom. The van der Waals surface area contributed by atoms with E-state index in [0.29, 0.717) is 30.9 Å². The molecule has 33 heavy (non-hydrogen) atoms. The van der Waals surface area contributed by atoms with E-state index in [1.54, 1.807) is 44.6 Å². The van der Waals surface area contributed by atoms with Crippen molar-refractivity contribution in [2.75, 3.05) is 27.3 Å². The number of aromatic hydroxyl groups is 1. The molecule has 0 bridgehead atoms. The highest BCUT2D eigenvalue weighted by atomic mass is 16.5. The Hall–Kier alpha value is -3.75. The van der Waals surface area contributed by atoms with Crippen LogP contribution in [0.1, 0.15) is 24.0 Å². The van der Waals surface area contributed by atoms with Gasteiger partial charge in [-0.15, -0.1) is 0 Å². The van der Waals surface area contributed by atoms with Crippen LogP contribution < -0.4 is 20.1 Å². The molecule has 0 aliphatic carbocycles. The van der Waals surface area contributed by atoms with Gasteiger partial charge in [0.2, 0.25) is 5.91 Å². The van der Waals surface area contributed by atoms with Gasteiger partial charge in [-0.1, -0.05) is 18.2 Å². The van der Waals surface area contributed by atoms with E-state index in [9.17, 15) is 19.5 Å². The summed E-state index contributed by atoms with van der Waals surface area (Å²) >= 11 is 0. The van der Waals surface area contributed by atoms with Crippen LogP contribution in [0, 0.1) is 0 Å². The number of phenolic OH excluding ortho intramolecular Hbond substituents is 1. The van der Waals surface area contributed by atoms with Crippen LogP contribution in [0.5, 0.6) is 17.2 Å². The molecule has 4 amide bonds. The van der Waals surface area contributed by atoms with Crippen molar-refractivity contribution < 1.29 is 29.0 Å².